The highest BCUT2D eigenvalue weighted by molar-refractivity contribution is 5.49. The van der Waals surface area contributed by atoms with Crippen molar-refractivity contribution in [2.45, 2.75) is 6.04 Å². The first-order valence-corrected chi connectivity index (χ1v) is 8.39. The van der Waals surface area contributed by atoms with Gasteiger partial charge in [0.15, 0.2) is 6.04 Å². The smallest absolute Gasteiger partial charge is 0.163 e. The van der Waals surface area contributed by atoms with Crippen LogP contribution in [0.3, 0.4) is 0 Å². The Kier molecular flexibility index (Phi) is 5.16. The highest BCUT2D eigenvalue weighted by Gasteiger charge is 2.28. The summed E-state index contributed by atoms with van der Waals surface area (Å²) < 4.78 is 5.24. The second-order valence-corrected chi connectivity index (χ2v) is 6.10. The molecule has 0 unspecified atom stereocenters. The Bertz CT molecular complexity index is 592. The number of methoxy groups -OCH3 is 1. The minimum absolute atomic E-state index is 0.509. The molecule has 2 aromatic carbocycles. The average molecular weight is 313 g/mol. The van der Waals surface area contributed by atoms with Gasteiger partial charge in [0.05, 0.1) is 33.3 Å². The molecule has 1 aliphatic rings. The fraction of sp³-hybridized carbons (Fsp3) is 0.368. The molecule has 4 heteroatoms. The molecule has 0 aliphatic carbocycles. The topological polar surface area (TPSA) is 44.5 Å². The fourth-order valence-electron chi connectivity index (χ4n) is 3.49. The molecule has 23 heavy (non-hydrogen) atoms. The van der Waals surface area contributed by atoms with Gasteiger partial charge < -0.3 is 20.3 Å². The molecule has 0 aromatic heterocycles. The van der Waals surface area contributed by atoms with Crippen LogP contribution in [-0.4, -0.2) is 39.8 Å². The van der Waals surface area contributed by atoms with Gasteiger partial charge in [-0.3, -0.25) is 0 Å². The van der Waals surface area contributed by atoms with E-state index in [1.165, 1.54) is 11.3 Å². The second-order valence-electron chi connectivity index (χ2n) is 6.10. The molecular formula is C19H27N3O+2. The maximum atomic E-state index is 5.24. The van der Waals surface area contributed by atoms with E-state index in [0.29, 0.717) is 6.04 Å². The monoisotopic (exact) mass is 313 g/mol. The van der Waals surface area contributed by atoms with Gasteiger partial charge in [-0.25, -0.2) is 0 Å². The molecule has 0 saturated carbocycles. The van der Waals surface area contributed by atoms with Crippen LogP contribution in [0, 0.1) is 0 Å². The molecule has 1 atom stereocenters. The lowest BCUT2D eigenvalue weighted by Crippen LogP contribution is -3.16. The Labute approximate surface area is 138 Å². The summed E-state index contributed by atoms with van der Waals surface area (Å²) in [6.07, 6.45) is 0. The van der Waals surface area contributed by atoms with E-state index in [1.54, 1.807) is 12.0 Å². The van der Waals surface area contributed by atoms with Crippen LogP contribution >= 0.6 is 0 Å². The number of hydrogen-bond donors (Lipinski definition) is 2. The molecule has 122 valence electrons. The average Bonchev–Trinajstić information content (AvgIpc) is 2.64. The molecule has 4 nitrogen and oxygen atoms in total. The molecule has 0 spiro atoms. The normalized spacial score (nSPS) is 17.0. The predicted molar refractivity (Wildman–Crippen MR) is 92.8 cm³/mol. The van der Waals surface area contributed by atoms with Crippen molar-refractivity contribution in [2.75, 3.05) is 44.7 Å². The molecule has 1 saturated heterocycles. The minimum Gasteiger partial charge on any atom is -0.497 e. The maximum absolute atomic E-state index is 5.24. The number of quaternary nitrogens is 2. The van der Waals surface area contributed by atoms with Crippen molar-refractivity contribution in [2.24, 2.45) is 0 Å². The van der Waals surface area contributed by atoms with Gasteiger partial charge in [-0.15, -0.1) is 0 Å². The van der Waals surface area contributed by atoms with E-state index in [4.69, 9.17) is 4.74 Å². The van der Waals surface area contributed by atoms with Crippen LogP contribution in [-0.2, 0) is 0 Å². The molecule has 0 bridgehead atoms. The third-order valence-electron chi connectivity index (χ3n) is 4.83. The summed E-state index contributed by atoms with van der Waals surface area (Å²) >= 11 is 0. The molecule has 4 N–H and O–H groups in total. The van der Waals surface area contributed by atoms with Gasteiger partial charge in [-0.05, 0) is 24.3 Å². The zero-order chi connectivity index (χ0) is 16.1. The SMILES string of the molecule is COc1ccc(N2CC[NH+]([C@H](C[NH3+])c3ccccc3)CC2)cc1. The van der Waals surface area contributed by atoms with Crippen LogP contribution in [0.4, 0.5) is 5.69 Å². The lowest BCUT2D eigenvalue weighted by Gasteiger charge is -2.36. The number of rotatable bonds is 5. The van der Waals surface area contributed by atoms with Crippen LogP contribution in [0.25, 0.3) is 0 Å². The fourth-order valence-corrected chi connectivity index (χ4v) is 3.49. The van der Waals surface area contributed by atoms with Crippen LogP contribution in [0.2, 0.25) is 0 Å². The highest BCUT2D eigenvalue weighted by atomic mass is 16.5. The number of benzene rings is 2. The van der Waals surface area contributed by atoms with Crippen LogP contribution in [0.5, 0.6) is 5.75 Å². The first-order valence-electron chi connectivity index (χ1n) is 8.39. The van der Waals surface area contributed by atoms with Crippen LogP contribution < -0.4 is 20.3 Å². The standard InChI is InChI=1S/C19H25N3O/c1-23-18-9-7-17(8-10-18)21-11-13-22(14-12-21)19(15-20)16-5-3-2-4-6-16/h2-10,19H,11-15,20H2,1H3/p+2/t19-/m1/s1. The first-order chi connectivity index (χ1) is 11.3. The first kappa shape index (κ1) is 15.8. The van der Waals surface area contributed by atoms with Gasteiger partial charge in [-0.1, -0.05) is 30.3 Å². The molecular weight excluding hydrogens is 286 g/mol. The number of nitrogens with one attached hydrogen (secondary N) is 1. The Morgan fingerprint density at radius 2 is 1.70 bits per heavy atom. The Morgan fingerprint density at radius 1 is 1.04 bits per heavy atom. The van der Waals surface area contributed by atoms with E-state index in [9.17, 15) is 0 Å². The van der Waals surface area contributed by atoms with Gasteiger partial charge in [0, 0.05) is 11.3 Å². The van der Waals surface area contributed by atoms with E-state index in [1.807, 2.05) is 12.1 Å². The van der Waals surface area contributed by atoms with Gasteiger partial charge in [0.25, 0.3) is 0 Å². The van der Waals surface area contributed by atoms with Crippen molar-refractivity contribution in [3.63, 3.8) is 0 Å². The second kappa shape index (κ2) is 7.49. The molecule has 0 amide bonds. The van der Waals surface area contributed by atoms with E-state index >= 15 is 0 Å². The van der Waals surface area contributed by atoms with Crippen molar-refractivity contribution >= 4 is 5.69 Å². The van der Waals surface area contributed by atoms with Gasteiger partial charge in [0.2, 0.25) is 0 Å². The van der Waals surface area contributed by atoms with Gasteiger partial charge >= 0.3 is 0 Å². The third kappa shape index (κ3) is 3.66. The lowest BCUT2D eigenvalue weighted by molar-refractivity contribution is -0.938. The molecule has 3 rings (SSSR count). The van der Waals surface area contributed by atoms with Crippen molar-refractivity contribution in [3.05, 3.63) is 60.2 Å². The predicted octanol–water partition coefficient (Wildman–Crippen LogP) is 0.383. The highest BCUT2D eigenvalue weighted by Crippen LogP contribution is 2.19. The Hall–Kier alpha value is -2.04. The van der Waals surface area contributed by atoms with E-state index < -0.39 is 0 Å². The van der Waals surface area contributed by atoms with Crippen molar-refractivity contribution < 1.29 is 15.4 Å². The van der Waals surface area contributed by atoms with Crippen molar-refractivity contribution in [3.8, 4) is 5.75 Å². The summed E-state index contributed by atoms with van der Waals surface area (Å²) in [4.78, 5) is 4.12. The summed E-state index contributed by atoms with van der Waals surface area (Å²) in [6.45, 7) is 5.43. The third-order valence-corrected chi connectivity index (χ3v) is 4.83. The molecule has 1 fully saturated rings. The minimum atomic E-state index is 0.509. The van der Waals surface area contributed by atoms with E-state index in [0.717, 1.165) is 38.5 Å². The quantitative estimate of drug-likeness (QED) is 0.838. The van der Waals surface area contributed by atoms with Crippen molar-refractivity contribution in [1.29, 1.82) is 0 Å². The van der Waals surface area contributed by atoms with Gasteiger partial charge in [-0.2, -0.15) is 0 Å². The largest absolute Gasteiger partial charge is 0.497 e. The summed E-state index contributed by atoms with van der Waals surface area (Å²) in [5, 5.41) is 0. The summed E-state index contributed by atoms with van der Waals surface area (Å²) in [5.41, 5.74) is 6.89. The van der Waals surface area contributed by atoms with Crippen LogP contribution in [0.1, 0.15) is 11.6 Å². The Balaban J connectivity index is 1.63. The summed E-state index contributed by atoms with van der Waals surface area (Å²) in [6, 6.07) is 19.7. The number of piperazine rings is 1. The molecule has 1 heterocycles. The molecule has 2 aromatic rings. The molecule has 0 radical (unpaired) electrons. The molecule has 1 aliphatic heterocycles. The lowest BCUT2D eigenvalue weighted by atomic mass is 10.0. The van der Waals surface area contributed by atoms with E-state index in [2.05, 4.69) is 53.1 Å². The van der Waals surface area contributed by atoms with E-state index in [-0.39, 0.29) is 0 Å². The maximum Gasteiger partial charge on any atom is 0.163 e. The van der Waals surface area contributed by atoms with Gasteiger partial charge in [0.1, 0.15) is 12.3 Å². The summed E-state index contributed by atoms with van der Waals surface area (Å²) in [7, 11) is 1.71. The van der Waals surface area contributed by atoms with Crippen LogP contribution in [0.15, 0.2) is 54.6 Å². The summed E-state index contributed by atoms with van der Waals surface area (Å²) in [5.74, 6) is 0.916. The number of nitrogens with zero attached hydrogens (tertiary/aromatic N) is 1. The number of ether oxygens (including phenoxy) is 1. The number of anilines is 1. The van der Waals surface area contributed by atoms with Crippen molar-refractivity contribution in [1.82, 2.24) is 0 Å². The Morgan fingerprint density at radius 3 is 2.26 bits per heavy atom. The zero-order valence-electron chi connectivity index (χ0n) is 13.9. The zero-order valence-corrected chi connectivity index (χ0v) is 13.9. The number of hydrogen-bond acceptors (Lipinski definition) is 2.